The topological polar surface area (TPSA) is 149 Å². The van der Waals surface area contributed by atoms with Crippen molar-refractivity contribution in [1.29, 1.82) is 0 Å². The van der Waals surface area contributed by atoms with Gasteiger partial charge in [-0.3, -0.25) is 9.59 Å². The first-order valence-corrected chi connectivity index (χ1v) is 17.5. The van der Waals surface area contributed by atoms with Gasteiger partial charge in [-0.05, 0) is 71.5 Å². The number of nitrogens with zero attached hydrogens (tertiary/aromatic N) is 1. The number of aliphatic hydroxyl groups excluding tert-OH is 2. The molecule has 4 aromatic rings. The van der Waals surface area contributed by atoms with Crippen LogP contribution < -0.4 is 5.32 Å². The number of amides is 1. The smallest absolute Gasteiger partial charge is 0.303 e. The highest BCUT2D eigenvalue weighted by Gasteiger charge is 2.33. The number of likely N-dealkylation sites (N-methyl/N-ethyl adjacent to an activating group) is 1. The molecule has 1 saturated heterocycles. The number of aromatic hydroxyl groups is 1. The van der Waals surface area contributed by atoms with Gasteiger partial charge in [0.1, 0.15) is 5.75 Å². The largest absolute Gasteiger partial charge is 0.508 e. The predicted molar refractivity (Wildman–Crippen MR) is 193 cm³/mol. The molecule has 10 nitrogen and oxygen atoms in total. The number of nitrogens with one attached hydrogen (secondary N) is 1. The van der Waals surface area contributed by atoms with Crippen LogP contribution in [0, 0.1) is 0 Å². The second-order valence-electron chi connectivity index (χ2n) is 13.2. The summed E-state index contributed by atoms with van der Waals surface area (Å²) in [6, 6.07) is 30.5. The zero-order valence-electron chi connectivity index (χ0n) is 29.0. The third kappa shape index (κ3) is 11.5. The molecule has 51 heavy (non-hydrogen) atoms. The molecule has 0 aromatic heterocycles. The van der Waals surface area contributed by atoms with Crippen molar-refractivity contribution in [3.05, 3.63) is 125 Å². The lowest BCUT2D eigenvalue weighted by Gasteiger charge is -2.38. The van der Waals surface area contributed by atoms with Crippen molar-refractivity contribution in [1.82, 2.24) is 10.2 Å². The van der Waals surface area contributed by atoms with Gasteiger partial charge >= 0.3 is 5.97 Å². The van der Waals surface area contributed by atoms with Crippen LogP contribution in [0.15, 0.2) is 97.1 Å². The summed E-state index contributed by atoms with van der Waals surface area (Å²) in [5, 5.41) is 41.9. The number of phenolic OH excluding ortho intramolecular Hbond substituents is 1. The number of benzene rings is 4. The quantitative estimate of drug-likeness (QED) is 0.0790. The number of phenols is 1. The molecule has 1 fully saturated rings. The number of hydrogen-bond acceptors (Lipinski definition) is 8. The number of carbonyl (C=O) groups excluding carboxylic acids is 1. The van der Waals surface area contributed by atoms with Crippen LogP contribution in [0.25, 0.3) is 11.1 Å². The Balaban J connectivity index is 1.23. The van der Waals surface area contributed by atoms with Crippen LogP contribution in [0.5, 0.6) is 5.75 Å². The summed E-state index contributed by atoms with van der Waals surface area (Å²) >= 11 is 0. The molecule has 270 valence electrons. The van der Waals surface area contributed by atoms with E-state index in [1.807, 2.05) is 78.7 Å². The van der Waals surface area contributed by atoms with E-state index >= 15 is 0 Å². The number of aliphatic carboxylic acids is 1. The van der Waals surface area contributed by atoms with Crippen LogP contribution in [-0.2, 0) is 32.2 Å². The third-order valence-corrected chi connectivity index (χ3v) is 9.10. The summed E-state index contributed by atoms with van der Waals surface area (Å²) in [6.45, 7) is 1.28. The standard InChI is InChI=1S/C41H48N2O8/c1-43(26-37(46)34-9-6-10-35(45)22-34)25-36-23-38(31-15-13-28(27-44)14-16-31)51-41(50-36)32-19-17-30(18-20-32)33-8-5-7-29(21-33)24-42-39(47)11-3-2-4-12-40(48)49/h5-10,13-22,36-38,41,44-46H,2-4,11-12,23-27H2,1H3,(H,42,47)(H,48,49). The Morgan fingerprint density at radius 2 is 1.57 bits per heavy atom. The summed E-state index contributed by atoms with van der Waals surface area (Å²) in [4.78, 5) is 25.0. The first kappa shape index (κ1) is 37.7. The Morgan fingerprint density at radius 1 is 0.843 bits per heavy atom. The molecule has 0 saturated carbocycles. The summed E-state index contributed by atoms with van der Waals surface area (Å²) in [5.74, 6) is -0.747. The number of carboxylic acids is 1. The SMILES string of the molecule is CN(CC1CC(c2ccc(CO)cc2)OC(c2ccc(-c3cccc(CNC(=O)CCCCCC(=O)O)c3)cc2)O1)CC(O)c1cccc(O)c1. The van der Waals surface area contributed by atoms with Gasteiger partial charge in [0.25, 0.3) is 0 Å². The molecule has 10 heteroatoms. The lowest BCUT2D eigenvalue weighted by molar-refractivity contribution is -0.252. The first-order valence-electron chi connectivity index (χ1n) is 17.5. The van der Waals surface area contributed by atoms with E-state index in [9.17, 15) is 24.9 Å². The number of hydrogen-bond donors (Lipinski definition) is 5. The van der Waals surface area contributed by atoms with E-state index in [4.69, 9.17) is 14.6 Å². The van der Waals surface area contributed by atoms with Crippen LogP contribution in [0.4, 0.5) is 0 Å². The Morgan fingerprint density at radius 3 is 2.29 bits per heavy atom. The molecule has 5 N–H and O–H groups in total. The van der Waals surface area contributed by atoms with Gasteiger partial charge in [-0.15, -0.1) is 0 Å². The zero-order chi connectivity index (χ0) is 36.2. The van der Waals surface area contributed by atoms with E-state index in [0.717, 1.165) is 33.4 Å². The van der Waals surface area contributed by atoms with Gasteiger partial charge < -0.3 is 40.1 Å². The number of rotatable bonds is 17. The maximum Gasteiger partial charge on any atom is 0.303 e. The van der Waals surface area contributed by atoms with Crippen molar-refractivity contribution in [2.24, 2.45) is 0 Å². The van der Waals surface area contributed by atoms with Gasteiger partial charge in [0.05, 0.1) is 24.9 Å². The lowest BCUT2D eigenvalue weighted by atomic mass is 9.98. The van der Waals surface area contributed by atoms with Gasteiger partial charge in [-0.1, -0.05) is 85.3 Å². The van der Waals surface area contributed by atoms with Crippen LogP contribution in [0.3, 0.4) is 0 Å². The van der Waals surface area contributed by atoms with Crippen molar-refractivity contribution in [2.45, 2.75) is 76.3 Å². The molecule has 1 heterocycles. The fraction of sp³-hybridized carbons (Fsp3) is 0.366. The minimum atomic E-state index is -0.812. The van der Waals surface area contributed by atoms with Crippen molar-refractivity contribution in [2.75, 3.05) is 20.1 Å². The molecule has 1 aliphatic rings. The number of ether oxygens (including phenoxy) is 2. The Hall–Kier alpha value is -4.58. The zero-order valence-corrected chi connectivity index (χ0v) is 29.0. The second kappa shape index (κ2) is 18.6. The van der Waals surface area contributed by atoms with Crippen molar-refractivity contribution < 1.29 is 39.5 Å². The van der Waals surface area contributed by atoms with E-state index in [0.29, 0.717) is 57.3 Å². The Labute approximate surface area is 299 Å². The highest BCUT2D eigenvalue weighted by atomic mass is 16.7. The molecule has 0 radical (unpaired) electrons. The van der Waals surface area contributed by atoms with E-state index in [1.54, 1.807) is 24.3 Å². The number of carbonyl (C=O) groups is 2. The average molecular weight is 697 g/mol. The van der Waals surface area contributed by atoms with Crippen LogP contribution in [0.1, 0.15) is 84.8 Å². The van der Waals surface area contributed by atoms with Gasteiger partial charge in [-0.2, -0.15) is 0 Å². The number of unbranched alkanes of at least 4 members (excludes halogenated alkanes) is 2. The molecule has 4 atom stereocenters. The summed E-state index contributed by atoms with van der Waals surface area (Å²) in [5.41, 5.74) is 6.33. The predicted octanol–water partition coefficient (Wildman–Crippen LogP) is 6.41. The summed E-state index contributed by atoms with van der Waals surface area (Å²) in [7, 11) is 1.93. The first-order chi connectivity index (χ1) is 24.7. The summed E-state index contributed by atoms with van der Waals surface area (Å²) < 4.78 is 13.1. The molecular weight excluding hydrogens is 648 g/mol. The van der Waals surface area contributed by atoms with Gasteiger partial charge in [-0.25, -0.2) is 0 Å². The highest BCUT2D eigenvalue weighted by Crippen LogP contribution is 2.39. The maximum absolute atomic E-state index is 12.3. The molecule has 1 aliphatic heterocycles. The third-order valence-electron chi connectivity index (χ3n) is 9.10. The lowest BCUT2D eigenvalue weighted by Crippen LogP contribution is -2.39. The van der Waals surface area contributed by atoms with E-state index in [2.05, 4.69) is 11.4 Å². The van der Waals surface area contributed by atoms with E-state index in [-0.39, 0.29) is 36.9 Å². The van der Waals surface area contributed by atoms with Crippen molar-refractivity contribution in [3.8, 4) is 16.9 Å². The second-order valence-corrected chi connectivity index (χ2v) is 13.2. The van der Waals surface area contributed by atoms with Crippen LogP contribution in [0.2, 0.25) is 0 Å². The van der Waals surface area contributed by atoms with E-state index in [1.165, 1.54) is 0 Å². The minimum Gasteiger partial charge on any atom is -0.508 e. The molecule has 0 aliphatic carbocycles. The molecule has 4 aromatic carbocycles. The maximum atomic E-state index is 12.3. The van der Waals surface area contributed by atoms with Crippen molar-refractivity contribution in [3.63, 3.8) is 0 Å². The Bertz CT molecular complexity index is 1710. The normalized spacial score (nSPS) is 18.0. The highest BCUT2D eigenvalue weighted by molar-refractivity contribution is 5.76. The molecule has 4 unspecified atom stereocenters. The van der Waals surface area contributed by atoms with Gasteiger partial charge in [0.15, 0.2) is 6.29 Å². The summed E-state index contributed by atoms with van der Waals surface area (Å²) in [6.07, 6.45) is 1.21. The molecule has 0 spiro atoms. The fourth-order valence-electron chi connectivity index (χ4n) is 6.31. The molecule has 5 rings (SSSR count). The molecule has 0 bridgehead atoms. The van der Waals surface area contributed by atoms with Gasteiger partial charge in [0.2, 0.25) is 5.91 Å². The Kier molecular flexibility index (Phi) is 13.7. The average Bonchev–Trinajstić information content (AvgIpc) is 3.13. The van der Waals surface area contributed by atoms with E-state index < -0.39 is 18.4 Å². The monoisotopic (exact) mass is 696 g/mol. The minimum absolute atomic E-state index is 0.0338. The molecule has 1 amide bonds. The van der Waals surface area contributed by atoms with Gasteiger partial charge in [0, 0.05) is 44.5 Å². The van der Waals surface area contributed by atoms with Crippen LogP contribution in [-0.4, -0.2) is 63.4 Å². The van der Waals surface area contributed by atoms with Crippen molar-refractivity contribution >= 4 is 11.9 Å². The number of carboxylic acid groups (broad SMARTS) is 1. The molecular formula is C41H48N2O8. The number of aliphatic hydroxyl groups is 2. The fourth-order valence-corrected chi connectivity index (χ4v) is 6.31. The van der Waals surface area contributed by atoms with Crippen LogP contribution >= 0.6 is 0 Å².